The third-order valence-corrected chi connectivity index (χ3v) is 3.58. The summed E-state index contributed by atoms with van der Waals surface area (Å²) < 4.78 is 4.68. The second-order valence-corrected chi connectivity index (χ2v) is 4.73. The van der Waals surface area contributed by atoms with Gasteiger partial charge in [-0.15, -0.1) is 11.3 Å². The summed E-state index contributed by atoms with van der Waals surface area (Å²) in [6.07, 6.45) is 0. The minimum absolute atomic E-state index is 0.0800. The van der Waals surface area contributed by atoms with Crippen LogP contribution in [0, 0.1) is 13.8 Å². The molecular formula is C10H13NO3S2. The van der Waals surface area contributed by atoms with E-state index in [1.807, 2.05) is 13.8 Å². The summed E-state index contributed by atoms with van der Waals surface area (Å²) in [4.78, 5) is 23.8. The number of carbonyl (C=O) groups is 2. The maximum atomic E-state index is 11.6. The first-order chi connectivity index (χ1) is 7.51. The lowest BCUT2D eigenvalue weighted by Gasteiger charge is -2.04. The fourth-order valence-electron chi connectivity index (χ4n) is 1.23. The number of hydrogen-bond acceptors (Lipinski definition) is 5. The largest absolute Gasteiger partial charge is 0.465 e. The number of methoxy groups -OCH3 is 1. The number of amides is 1. The molecule has 0 aliphatic rings. The van der Waals surface area contributed by atoms with Gasteiger partial charge in [-0.2, -0.15) is 12.6 Å². The highest BCUT2D eigenvalue weighted by atomic mass is 32.1. The SMILES string of the molecule is COC(=O)c1c(NC(=O)CS)sc(C)c1C. The Bertz CT molecular complexity index is 426. The Labute approximate surface area is 103 Å². The van der Waals surface area contributed by atoms with Gasteiger partial charge in [-0.3, -0.25) is 4.79 Å². The van der Waals surface area contributed by atoms with Crippen molar-refractivity contribution in [3.63, 3.8) is 0 Å². The molecule has 1 amide bonds. The van der Waals surface area contributed by atoms with Gasteiger partial charge in [0.1, 0.15) is 5.00 Å². The molecule has 1 rings (SSSR count). The van der Waals surface area contributed by atoms with Crippen LogP contribution >= 0.6 is 24.0 Å². The lowest BCUT2D eigenvalue weighted by molar-refractivity contribution is -0.113. The van der Waals surface area contributed by atoms with Crippen molar-refractivity contribution in [1.29, 1.82) is 0 Å². The minimum atomic E-state index is -0.434. The van der Waals surface area contributed by atoms with E-state index in [2.05, 4.69) is 22.7 Å². The lowest BCUT2D eigenvalue weighted by Crippen LogP contribution is -2.14. The predicted molar refractivity (Wildman–Crippen MR) is 67.6 cm³/mol. The highest BCUT2D eigenvalue weighted by Crippen LogP contribution is 2.32. The molecule has 0 aliphatic heterocycles. The minimum Gasteiger partial charge on any atom is -0.465 e. The quantitative estimate of drug-likeness (QED) is 0.645. The van der Waals surface area contributed by atoms with Gasteiger partial charge >= 0.3 is 5.97 Å². The van der Waals surface area contributed by atoms with Gasteiger partial charge < -0.3 is 10.1 Å². The number of anilines is 1. The highest BCUT2D eigenvalue weighted by molar-refractivity contribution is 7.81. The molecule has 1 heterocycles. The molecule has 6 heteroatoms. The molecular weight excluding hydrogens is 246 g/mol. The van der Waals surface area contributed by atoms with Crippen LogP contribution in [0.1, 0.15) is 20.8 Å². The Morgan fingerprint density at radius 1 is 1.44 bits per heavy atom. The van der Waals surface area contributed by atoms with Crippen LogP contribution in [0.3, 0.4) is 0 Å². The third-order valence-electron chi connectivity index (χ3n) is 2.17. The maximum Gasteiger partial charge on any atom is 0.341 e. The van der Waals surface area contributed by atoms with Gasteiger partial charge in [0, 0.05) is 4.88 Å². The molecule has 0 unspecified atom stereocenters. The van der Waals surface area contributed by atoms with Crippen LogP contribution in [0.5, 0.6) is 0 Å². The Balaban J connectivity index is 3.13. The molecule has 0 aliphatic carbocycles. The van der Waals surface area contributed by atoms with Crippen molar-refractivity contribution in [2.75, 3.05) is 18.2 Å². The number of esters is 1. The molecule has 0 radical (unpaired) electrons. The second kappa shape index (κ2) is 5.36. The van der Waals surface area contributed by atoms with Crippen molar-refractivity contribution >= 4 is 40.8 Å². The average molecular weight is 259 g/mol. The fourth-order valence-corrected chi connectivity index (χ4v) is 2.37. The Hall–Kier alpha value is -1.01. The number of thiophene rings is 1. The summed E-state index contributed by atoms with van der Waals surface area (Å²) in [7, 11) is 1.32. The molecule has 4 nitrogen and oxygen atoms in total. The molecule has 16 heavy (non-hydrogen) atoms. The van der Waals surface area contributed by atoms with Crippen LogP contribution < -0.4 is 5.32 Å². The van der Waals surface area contributed by atoms with Crippen LogP contribution in [0.4, 0.5) is 5.00 Å². The molecule has 0 atom stereocenters. The maximum absolute atomic E-state index is 11.6. The van der Waals surface area contributed by atoms with Crippen molar-refractivity contribution in [2.24, 2.45) is 0 Å². The summed E-state index contributed by atoms with van der Waals surface area (Å²) in [5, 5.41) is 3.17. The van der Waals surface area contributed by atoms with E-state index in [0.717, 1.165) is 10.4 Å². The zero-order valence-electron chi connectivity index (χ0n) is 9.29. The summed E-state index contributed by atoms with van der Waals surface area (Å²) >= 11 is 5.23. The summed E-state index contributed by atoms with van der Waals surface area (Å²) in [6.45, 7) is 3.72. The Morgan fingerprint density at radius 3 is 2.56 bits per heavy atom. The molecule has 0 saturated heterocycles. The van der Waals surface area contributed by atoms with Crippen LogP contribution in [-0.2, 0) is 9.53 Å². The third kappa shape index (κ3) is 2.56. The van der Waals surface area contributed by atoms with Gasteiger partial charge in [0.15, 0.2) is 0 Å². The number of carbonyl (C=O) groups excluding carboxylic acids is 2. The molecule has 0 bridgehead atoms. The van der Waals surface area contributed by atoms with E-state index < -0.39 is 5.97 Å². The monoisotopic (exact) mass is 259 g/mol. The van der Waals surface area contributed by atoms with Gasteiger partial charge in [0.05, 0.1) is 18.4 Å². The number of ether oxygens (including phenoxy) is 1. The van der Waals surface area contributed by atoms with Crippen LogP contribution in [0.15, 0.2) is 0 Å². The lowest BCUT2D eigenvalue weighted by atomic mass is 10.1. The van der Waals surface area contributed by atoms with E-state index in [4.69, 9.17) is 0 Å². The fraction of sp³-hybridized carbons (Fsp3) is 0.400. The van der Waals surface area contributed by atoms with Gasteiger partial charge in [-0.1, -0.05) is 0 Å². The number of aryl methyl sites for hydroxylation is 1. The van der Waals surface area contributed by atoms with E-state index in [0.29, 0.717) is 10.6 Å². The van der Waals surface area contributed by atoms with Crippen LogP contribution in [-0.4, -0.2) is 24.7 Å². The van der Waals surface area contributed by atoms with Gasteiger partial charge in [-0.05, 0) is 19.4 Å². The first-order valence-corrected chi connectivity index (χ1v) is 6.05. The zero-order chi connectivity index (χ0) is 12.3. The topological polar surface area (TPSA) is 55.4 Å². The first kappa shape index (κ1) is 13.1. The van der Waals surface area contributed by atoms with E-state index in [1.54, 1.807) is 0 Å². The van der Waals surface area contributed by atoms with Crippen LogP contribution in [0.2, 0.25) is 0 Å². The van der Waals surface area contributed by atoms with Crippen molar-refractivity contribution in [1.82, 2.24) is 0 Å². The average Bonchev–Trinajstić information content (AvgIpc) is 2.53. The van der Waals surface area contributed by atoms with E-state index >= 15 is 0 Å². The summed E-state index contributed by atoms with van der Waals surface area (Å²) in [6, 6.07) is 0. The smallest absolute Gasteiger partial charge is 0.341 e. The van der Waals surface area contributed by atoms with Crippen molar-refractivity contribution in [3.8, 4) is 0 Å². The summed E-state index contributed by atoms with van der Waals surface area (Å²) in [5.74, 6) is -0.595. The van der Waals surface area contributed by atoms with Gasteiger partial charge in [-0.25, -0.2) is 4.79 Å². The van der Waals surface area contributed by atoms with Gasteiger partial charge in [0.2, 0.25) is 5.91 Å². The Morgan fingerprint density at radius 2 is 2.06 bits per heavy atom. The number of hydrogen-bond donors (Lipinski definition) is 2. The normalized spacial score (nSPS) is 10.0. The second-order valence-electron chi connectivity index (χ2n) is 3.19. The molecule has 0 spiro atoms. The van der Waals surface area contributed by atoms with E-state index in [1.165, 1.54) is 18.4 Å². The highest BCUT2D eigenvalue weighted by Gasteiger charge is 2.20. The van der Waals surface area contributed by atoms with E-state index in [9.17, 15) is 9.59 Å². The zero-order valence-corrected chi connectivity index (χ0v) is 11.0. The van der Waals surface area contributed by atoms with E-state index in [-0.39, 0.29) is 11.7 Å². The molecule has 88 valence electrons. The predicted octanol–water partition coefficient (Wildman–Crippen LogP) is 2.02. The standard InChI is InChI=1S/C10H13NO3S2/c1-5-6(2)16-9(11-7(12)4-15)8(5)10(13)14-3/h15H,4H2,1-3H3,(H,11,12). The van der Waals surface area contributed by atoms with Crippen molar-refractivity contribution in [3.05, 3.63) is 16.0 Å². The molecule has 0 saturated carbocycles. The molecule has 1 aromatic rings. The number of nitrogens with one attached hydrogen (secondary N) is 1. The molecule has 1 aromatic heterocycles. The summed E-state index contributed by atoms with van der Waals surface area (Å²) in [5.41, 5.74) is 1.27. The van der Waals surface area contributed by atoms with Crippen molar-refractivity contribution < 1.29 is 14.3 Å². The first-order valence-electron chi connectivity index (χ1n) is 4.60. The van der Waals surface area contributed by atoms with Crippen LogP contribution in [0.25, 0.3) is 0 Å². The number of rotatable bonds is 3. The molecule has 1 N–H and O–H groups in total. The molecule has 0 fully saturated rings. The Kier molecular flexibility index (Phi) is 4.37. The number of thiol groups is 1. The van der Waals surface area contributed by atoms with Gasteiger partial charge in [0.25, 0.3) is 0 Å². The molecule has 0 aromatic carbocycles. The van der Waals surface area contributed by atoms with Crippen molar-refractivity contribution in [2.45, 2.75) is 13.8 Å².